The number of carbonyl (C=O) groups is 2. The number of rotatable bonds is 4. The summed E-state index contributed by atoms with van der Waals surface area (Å²) in [6.07, 6.45) is 2.41. The summed E-state index contributed by atoms with van der Waals surface area (Å²) in [5.74, 6) is -1.20. The molecule has 1 aromatic carbocycles. The molecule has 2 aromatic rings. The summed E-state index contributed by atoms with van der Waals surface area (Å²) in [6.45, 7) is 1.44. The lowest BCUT2D eigenvalue weighted by atomic mass is 10.2. The van der Waals surface area contributed by atoms with Crippen molar-refractivity contribution in [3.8, 4) is 0 Å². The molecule has 0 radical (unpaired) electrons. The number of hydrogen-bond donors (Lipinski definition) is 1. The van der Waals surface area contributed by atoms with E-state index in [4.69, 9.17) is 4.74 Å². The Balaban J connectivity index is 1.62. The molecule has 1 saturated heterocycles. The highest BCUT2D eigenvalue weighted by Crippen LogP contribution is 2.14. The number of nitrogens with one attached hydrogen (secondary N) is 1. The fraction of sp³-hybridized carbons (Fsp3) is 0.375. The van der Waals surface area contributed by atoms with E-state index in [1.807, 2.05) is 0 Å². The van der Waals surface area contributed by atoms with Crippen molar-refractivity contribution < 1.29 is 22.7 Å². The highest BCUT2D eigenvalue weighted by molar-refractivity contribution is 7.91. The molecule has 1 aliphatic heterocycles. The lowest BCUT2D eigenvalue weighted by Gasteiger charge is -2.16. The highest BCUT2D eigenvalue weighted by atomic mass is 32.2. The Bertz CT molecular complexity index is 928. The topological polar surface area (TPSA) is 115 Å². The second kappa shape index (κ2) is 6.75. The third kappa shape index (κ3) is 4.11. The number of carbonyl (C=O) groups excluding carboxylic acids is 2. The fourth-order valence-corrected chi connectivity index (χ4v) is 4.27. The molecule has 9 heteroatoms. The standard InChI is InChI=1S/C16H17N3O5S/c1-10(15(20)19-12-4-7-25(22,23)9-12)24-16(21)11-2-3-13-14(8-11)18-6-5-17-13/h2-3,5-6,8,10,12H,4,7,9H2,1H3,(H,19,20)/t10-,12-/m0/s1. The minimum Gasteiger partial charge on any atom is -0.449 e. The minimum absolute atomic E-state index is 0.0598. The second-order valence-electron chi connectivity index (χ2n) is 5.92. The lowest BCUT2D eigenvalue weighted by Crippen LogP contribution is -2.42. The van der Waals surface area contributed by atoms with Crippen LogP contribution in [0.5, 0.6) is 0 Å². The van der Waals surface area contributed by atoms with Gasteiger partial charge in [-0.3, -0.25) is 14.8 Å². The van der Waals surface area contributed by atoms with Crippen LogP contribution in [0, 0.1) is 0 Å². The van der Waals surface area contributed by atoms with Crippen LogP contribution in [0.4, 0.5) is 0 Å². The molecule has 8 nitrogen and oxygen atoms in total. The van der Waals surface area contributed by atoms with Gasteiger partial charge < -0.3 is 10.1 Å². The van der Waals surface area contributed by atoms with Crippen LogP contribution in [0.2, 0.25) is 0 Å². The number of aromatic nitrogens is 2. The van der Waals surface area contributed by atoms with Crippen molar-refractivity contribution in [2.24, 2.45) is 0 Å². The Morgan fingerprint density at radius 2 is 1.96 bits per heavy atom. The van der Waals surface area contributed by atoms with Gasteiger partial charge in [0.25, 0.3) is 5.91 Å². The highest BCUT2D eigenvalue weighted by Gasteiger charge is 2.30. The molecule has 0 saturated carbocycles. The number of esters is 1. The van der Waals surface area contributed by atoms with Crippen LogP contribution in [0.25, 0.3) is 11.0 Å². The van der Waals surface area contributed by atoms with Gasteiger partial charge in [0.2, 0.25) is 0 Å². The second-order valence-corrected chi connectivity index (χ2v) is 8.14. The van der Waals surface area contributed by atoms with Crippen LogP contribution >= 0.6 is 0 Å². The number of nitrogens with zero attached hydrogens (tertiary/aromatic N) is 2. The Morgan fingerprint density at radius 3 is 2.64 bits per heavy atom. The first-order valence-corrected chi connectivity index (χ1v) is 9.59. The maximum atomic E-state index is 12.2. The molecule has 0 unspecified atom stereocenters. The molecule has 132 valence electrons. The number of benzene rings is 1. The van der Waals surface area contributed by atoms with E-state index in [1.54, 1.807) is 24.4 Å². The summed E-state index contributed by atoms with van der Waals surface area (Å²) in [5, 5.41) is 2.60. The first-order chi connectivity index (χ1) is 11.8. The Kier molecular flexibility index (Phi) is 4.67. The van der Waals surface area contributed by atoms with Gasteiger partial charge >= 0.3 is 5.97 Å². The van der Waals surface area contributed by atoms with E-state index in [0.717, 1.165) is 0 Å². The fourth-order valence-electron chi connectivity index (χ4n) is 2.60. The van der Waals surface area contributed by atoms with Gasteiger partial charge in [0.1, 0.15) is 0 Å². The van der Waals surface area contributed by atoms with Crippen molar-refractivity contribution in [3.05, 3.63) is 36.2 Å². The summed E-state index contributed by atoms with van der Waals surface area (Å²) in [6, 6.07) is 4.30. The molecular weight excluding hydrogens is 346 g/mol. The maximum absolute atomic E-state index is 12.2. The van der Waals surface area contributed by atoms with Crippen LogP contribution in [-0.2, 0) is 19.4 Å². The molecule has 25 heavy (non-hydrogen) atoms. The van der Waals surface area contributed by atoms with E-state index < -0.39 is 33.9 Å². The third-order valence-electron chi connectivity index (χ3n) is 3.94. The SMILES string of the molecule is C[C@H](OC(=O)c1ccc2nccnc2c1)C(=O)N[C@H]1CCS(=O)(=O)C1. The molecule has 1 aliphatic rings. The van der Waals surface area contributed by atoms with Gasteiger partial charge in [0, 0.05) is 18.4 Å². The zero-order valence-corrected chi connectivity index (χ0v) is 14.3. The number of sulfone groups is 1. The van der Waals surface area contributed by atoms with Crippen LogP contribution < -0.4 is 5.32 Å². The molecule has 1 N–H and O–H groups in total. The maximum Gasteiger partial charge on any atom is 0.338 e. The lowest BCUT2D eigenvalue weighted by molar-refractivity contribution is -0.129. The zero-order chi connectivity index (χ0) is 18.0. The van der Waals surface area contributed by atoms with Crippen LogP contribution in [0.3, 0.4) is 0 Å². The molecular formula is C16H17N3O5S. The van der Waals surface area contributed by atoms with Gasteiger partial charge in [-0.2, -0.15) is 0 Å². The summed E-state index contributed by atoms with van der Waals surface area (Å²) in [7, 11) is -3.09. The van der Waals surface area contributed by atoms with Crippen molar-refractivity contribution in [2.45, 2.75) is 25.5 Å². The van der Waals surface area contributed by atoms with E-state index in [-0.39, 0.29) is 17.1 Å². The summed E-state index contributed by atoms with van der Waals surface area (Å²) in [5.41, 5.74) is 1.45. The summed E-state index contributed by atoms with van der Waals surface area (Å²) >= 11 is 0. The Morgan fingerprint density at radius 1 is 1.24 bits per heavy atom. The predicted molar refractivity (Wildman–Crippen MR) is 89.6 cm³/mol. The molecule has 1 aromatic heterocycles. The van der Waals surface area contributed by atoms with Gasteiger partial charge in [-0.25, -0.2) is 13.2 Å². The quantitative estimate of drug-likeness (QED) is 0.786. The van der Waals surface area contributed by atoms with Gasteiger partial charge in [-0.05, 0) is 31.5 Å². The van der Waals surface area contributed by atoms with E-state index in [2.05, 4.69) is 15.3 Å². The average Bonchev–Trinajstić information content (AvgIpc) is 2.92. The van der Waals surface area contributed by atoms with Crippen molar-refractivity contribution in [3.63, 3.8) is 0 Å². The third-order valence-corrected chi connectivity index (χ3v) is 5.70. The average molecular weight is 363 g/mol. The first kappa shape index (κ1) is 17.3. The van der Waals surface area contributed by atoms with Crippen LogP contribution in [-0.4, -0.2) is 53.9 Å². The minimum atomic E-state index is -3.09. The molecule has 3 rings (SSSR count). The zero-order valence-electron chi connectivity index (χ0n) is 13.5. The molecule has 1 fully saturated rings. The first-order valence-electron chi connectivity index (χ1n) is 7.76. The van der Waals surface area contributed by atoms with Gasteiger partial charge in [-0.1, -0.05) is 0 Å². The molecule has 0 bridgehead atoms. The van der Waals surface area contributed by atoms with E-state index in [9.17, 15) is 18.0 Å². The predicted octanol–water partition coefficient (Wildman–Crippen LogP) is 0.478. The summed E-state index contributed by atoms with van der Waals surface area (Å²) < 4.78 is 28.0. The number of ether oxygens (including phenoxy) is 1. The van der Waals surface area contributed by atoms with Crippen molar-refractivity contribution in [1.82, 2.24) is 15.3 Å². The van der Waals surface area contributed by atoms with Crippen molar-refractivity contribution in [2.75, 3.05) is 11.5 Å². The van der Waals surface area contributed by atoms with Gasteiger partial charge in [0.05, 0.1) is 28.1 Å². The Labute approximate surface area is 144 Å². The van der Waals surface area contributed by atoms with Crippen molar-refractivity contribution >= 4 is 32.7 Å². The number of fused-ring (bicyclic) bond motifs is 1. The van der Waals surface area contributed by atoms with Gasteiger partial charge in [0.15, 0.2) is 15.9 Å². The van der Waals surface area contributed by atoms with Crippen molar-refractivity contribution in [1.29, 1.82) is 0 Å². The molecule has 0 aliphatic carbocycles. The van der Waals surface area contributed by atoms with Crippen LogP contribution in [0.1, 0.15) is 23.7 Å². The number of hydrogen-bond acceptors (Lipinski definition) is 7. The monoisotopic (exact) mass is 363 g/mol. The molecule has 1 amide bonds. The molecule has 2 atom stereocenters. The van der Waals surface area contributed by atoms with E-state index in [1.165, 1.54) is 13.1 Å². The van der Waals surface area contributed by atoms with Gasteiger partial charge in [-0.15, -0.1) is 0 Å². The largest absolute Gasteiger partial charge is 0.449 e. The number of amides is 1. The summed E-state index contributed by atoms with van der Waals surface area (Å²) in [4.78, 5) is 32.5. The smallest absolute Gasteiger partial charge is 0.338 e. The molecule has 0 spiro atoms. The van der Waals surface area contributed by atoms with E-state index in [0.29, 0.717) is 17.5 Å². The van der Waals surface area contributed by atoms with E-state index >= 15 is 0 Å². The van der Waals surface area contributed by atoms with Crippen LogP contribution in [0.15, 0.2) is 30.6 Å². The molecule has 2 heterocycles. The normalized spacial score (nSPS) is 20.1. The Hall–Kier alpha value is -2.55.